The highest BCUT2D eigenvalue weighted by molar-refractivity contribution is 6.30. The number of nitrogens with one attached hydrogen (secondary N) is 1. The molecule has 2 heterocycles. The Morgan fingerprint density at radius 1 is 1.28 bits per heavy atom. The Labute approximate surface area is 198 Å². The normalized spacial score (nSPS) is 18.9. The van der Waals surface area contributed by atoms with Crippen LogP contribution >= 0.6 is 11.6 Å². The van der Waals surface area contributed by atoms with Crippen LogP contribution in [0.2, 0.25) is 5.02 Å². The van der Waals surface area contributed by atoms with E-state index in [4.69, 9.17) is 11.6 Å². The molecule has 4 rings (SSSR count). The summed E-state index contributed by atoms with van der Waals surface area (Å²) in [4.78, 5) is 7.76. The fourth-order valence-electron chi connectivity index (χ4n) is 4.66. The lowest BCUT2D eigenvalue weighted by molar-refractivity contribution is 0.346. The van der Waals surface area contributed by atoms with Crippen LogP contribution in [0.1, 0.15) is 63.0 Å². The van der Waals surface area contributed by atoms with Gasteiger partial charge in [-0.3, -0.25) is 0 Å². The Hall–Kier alpha value is -2.17. The molecule has 1 unspecified atom stereocenters. The molecular weight excluding hydrogens is 416 g/mol. The number of allylic oxidation sites excluding steroid dienone is 4. The Morgan fingerprint density at radius 2 is 2.06 bits per heavy atom. The molecule has 1 aromatic heterocycles. The van der Waals surface area contributed by atoms with Gasteiger partial charge in [0.15, 0.2) is 0 Å². The predicted molar refractivity (Wildman–Crippen MR) is 138 cm³/mol. The van der Waals surface area contributed by atoms with Crippen LogP contribution in [0.3, 0.4) is 0 Å². The first kappa shape index (κ1) is 24.5. The zero-order valence-corrected chi connectivity index (χ0v) is 20.5. The number of aromatic nitrogens is 2. The number of imidazole rings is 1. The average molecular weight is 453 g/mol. The minimum atomic E-state index is 0.492. The van der Waals surface area contributed by atoms with Crippen molar-refractivity contribution in [3.8, 4) is 0 Å². The minimum Gasteiger partial charge on any atom is -0.337 e. The van der Waals surface area contributed by atoms with Gasteiger partial charge in [-0.25, -0.2) is 4.98 Å². The maximum atomic E-state index is 6.45. The second kappa shape index (κ2) is 12.8. The highest BCUT2D eigenvalue weighted by Crippen LogP contribution is 2.42. The fraction of sp³-hybridized carbons (Fsp3) is 0.481. The van der Waals surface area contributed by atoms with Gasteiger partial charge < -0.3 is 14.9 Å². The molecule has 0 saturated carbocycles. The van der Waals surface area contributed by atoms with Crippen LogP contribution in [0.15, 0.2) is 59.6 Å². The van der Waals surface area contributed by atoms with Gasteiger partial charge in [0, 0.05) is 36.9 Å². The van der Waals surface area contributed by atoms with Crippen LogP contribution in [-0.2, 0) is 6.54 Å². The van der Waals surface area contributed by atoms with Gasteiger partial charge in [0.2, 0.25) is 0 Å². The van der Waals surface area contributed by atoms with E-state index < -0.39 is 0 Å². The molecule has 2 aliphatic rings. The number of hydrogen-bond acceptors (Lipinski definition) is 3. The molecule has 0 radical (unpaired) electrons. The molecule has 1 atom stereocenters. The summed E-state index contributed by atoms with van der Waals surface area (Å²) in [5, 5.41) is 4.35. The Kier molecular flexibility index (Phi) is 9.76. The van der Waals surface area contributed by atoms with E-state index in [-0.39, 0.29) is 0 Å². The second-order valence-corrected chi connectivity index (χ2v) is 8.97. The number of hydrogen-bond donors (Lipinski definition) is 1. The Balaban J connectivity index is 0.000000668. The van der Waals surface area contributed by atoms with E-state index in [1.54, 1.807) is 13.3 Å². The first-order valence-electron chi connectivity index (χ1n) is 11.9. The third kappa shape index (κ3) is 6.66. The van der Waals surface area contributed by atoms with Crippen LogP contribution in [0.25, 0.3) is 5.57 Å². The first-order valence-corrected chi connectivity index (χ1v) is 12.3. The number of halogens is 1. The molecule has 0 spiro atoms. The van der Waals surface area contributed by atoms with Crippen molar-refractivity contribution in [2.45, 2.75) is 58.4 Å². The zero-order valence-electron chi connectivity index (χ0n) is 19.7. The van der Waals surface area contributed by atoms with Crippen molar-refractivity contribution in [2.24, 2.45) is 10.9 Å². The largest absolute Gasteiger partial charge is 0.337 e. The molecule has 1 aliphatic heterocycles. The molecule has 172 valence electrons. The molecule has 1 fully saturated rings. The van der Waals surface area contributed by atoms with Crippen LogP contribution in [0.5, 0.6) is 0 Å². The van der Waals surface area contributed by atoms with E-state index in [0.717, 1.165) is 43.9 Å². The van der Waals surface area contributed by atoms with Crippen LogP contribution in [-0.4, -0.2) is 35.9 Å². The van der Waals surface area contributed by atoms with Crippen molar-refractivity contribution < 1.29 is 0 Å². The summed E-state index contributed by atoms with van der Waals surface area (Å²) in [6.45, 7) is 7.42. The molecule has 4 nitrogen and oxygen atoms in total. The number of aliphatic imine (C=N–C) groups is 1. The number of nitrogens with zero attached hydrogens (tertiary/aromatic N) is 3. The average Bonchev–Trinajstić information content (AvgIpc) is 3.30. The SMILES string of the molecule is CC=NC.CCC1=CC(C2CCNCC2)c2ccc(Cl)cc2C(CCCn2ccnc2)=C1. The summed E-state index contributed by atoms with van der Waals surface area (Å²) in [5.41, 5.74) is 5.73. The third-order valence-electron chi connectivity index (χ3n) is 6.45. The topological polar surface area (TPSA) is 42.2 Å². The van der Waals surface area contributed by atoms with E-state index in [2.05, 4.69) is 57.1 Å². The van der Waals surface area contributed by atoms with Gasteiger partial charge in [-0.2, -0.15) is 0 Å². The highest BCUT2D eigenvalue weighted by Gasteiger charge is 2.28. The van der Waals surface area contributed by atoms with Gasteiger partial charge in [-0.05, 0) is 93.1 Å². The quantitative estimate of drug-likeness (QED) is 0.505. The summed E-state index contributed by atoms with van der Waals surface area (Å²) in [7, 11) is 1.75. The number of benzene rings is 1. The van der Waals surface area contributed by atoms with Crippen molar-refractivity contribution in [3.05, 3.63) is 70.8 Å². The smallest absolute Gasteiger partial charge is 0.0945 e. The zero-order chi connectivity index (χ0) is 22.8. The predicted octanol–water partition coefficient (Wildman–Crippen LogP) is 6.54. The fourth-order valence-corrected chi connectivity index (χ4v) is 4.83. The van der Waals surface area contributed by atoms with E-state index in [1.807, 2.05) is 25.6 Å². The number of rotatable bonds is 6. The second-order valence-electron chi connectivity index (χ2n) is 8.53. The maximum absolute atomic E-state index is 6.45. The molecule has 1 aromatic carbocycles. The molecule has 32 heavy (non-hydrogen) atoms. The highest BCUT2D eigenvalue weighted by atomic mass is 35.5. The number of piperidine rings is 1. The first-order chi connectivity index (χ1) is 15.7. The van der Waals surface area contributed by atoms with Crippen LogP contribution in [0, 0.1) is 5.92 Å². The van der Waals surface area contributed by atoms with Gasteiger partial charge in [-0.15, -0.1) is 0 Å². The van der Waals surface area contributed by atoms with E-state index in [1.165, 1.54) is 35.1 Å². The molecule has 0 amide bonds. The molecule has 1 N–H and O–H groups in total. The monoisotopic (exact) mass is 452 g/mol. The van der Waals surface area contributed by atoms with Gasteiger partial charge >= 0.3 is 0 Å². The summed E-state index contributed by atoms with van der Waals surface area (Å²) in [6.07, 6.45) is 18.2. The van der Waals surface area contributed by atoms with Crippen molar-refractivity contribution >= 4 is 23.4 Å². The Morgan fingerprint density at radius 3 is 2.72 bits per heavy atom. The lowest BCUT2D eigenvalue weighted by atomic mass is 9.78. The van der Waals surface area contributed by atoms with Crippen molar-refractivity contribution in [2.75, 3.05) is 20.1 Å². The number of aryl methyl sites for hydroxylation is 1. The van der Waals surface area contributed by atoms with Crippen LogP contribution < -0.4 is 5.32 Å². The van der Waals surface area contributed by atoms with Crippen molar-refractivity contribution in [3.63, 3.8) is 0 Å². The summed E-state index contributed by atoms with van der Waals surface area (Å²) >= 11 is 6.45. The van der Waals surface area contributed by atoms with E-state index >= 15 is 0 Å². The van der Waals surface area contributed by atoms with E-state index in [9.17, 15) is 0 Å². The van der Waals surface area contributed by atoms with Crippen LogP contribution in [0.4, 0.5) is 0 Å². The maximum Gasteiger partial charge on any atom is 0.0945 e. The van der Waals surface area contributed by atoms with Gasteiger partial charge in [0.25, 0.3) is 0 Å². The number of fused-ring (bicyclic) bond motifs is 1. The minimum absolute atomic E-state index is 0.492. The summed E-state index contributed by atoms with van der Waals surface area (Å²) in [6, 6.07) is 6.55. The Bertz CT molecular complexity index is 917. The lowest BCUT2D eigenvalue weighted by Crippen LogP contribution is -2.30. The molecular formula is C27H37ClN4. The van der Waals surface area contributed by atoms with E-state index in [0.29, 0.717) is 11.8 Å². The molecule has 1 saturated heterocycles. The third-order valence-corrected chi connectivity index (χ3v) is 6.69. The summed E-state index contributed by atoms with van der Waals surface area (Å²) in [5.74, 6) is 1.20. The lowest BCUT2D eigenvalue weighted by Gasteiger charge is -2.30. The molecule has 1 aliphatic carbocycles. The van der Waals surface area contributed by atoms with Gasteiger partial charge in [0.05, 0.1) is 6.33 Å². The van der Waals surface area contributed by atoms with Crippen molar-refractivity contribution in [1.82, 2.24) is 14.9 Å². The van der Waals surface area contributed by atoms with Crippen molar-refractivity contribution in [1.29, 1.82) is 0 Å². The summed E-state index contributed by atoms with van der Waals surface area (Å²) < 4.78 is 2.16. The van der Waals surface area contributed by atoms with Gasteiger partial charge in [0.1, 0.15) is 0 Å². The molecule has 2 aromatic rings. The van der Waals surface area contributed by atoms with Gasteiger partial charge in [-0.1, -0.05) is 42.3 Å². The molecule has 5 heteroatoms. The standard InChI is InChI=1S/C24H30ClN3.C3H7N/c1-2-18-14-20(4-3-12-28-13-11-27-17-28)24-16-21(25)5-6-22(24)23(15-18)19-7-9-26-10-8-19;1-3-4-2/h5-6,11,13-17,19,23,26H,2-4,7-10,12H2,1H3;3H,1-2H3. The molecule has 0 bridgehead atoms.